The van der Waals surface area contributed by atoms with Crippen molar-refractivity contribution >= 4 is 29.3 Å². The SMILES string of the molecule is C[C@@H]1COCCN1C[C@H]1CN(C(=O)OC(C)(C)C)[C@H](C)CN1CC(=O)N1CC(C)(C)c2c1cc(Cc1ccc(F)cc1)c1nc(OC(=O)c3ccccc3)nn21. The Morgan fingerprint density at radius 1 is 0.982 bits per heavy atom. The number of piperazine rings is 1. The van der Waals surface area contributed by atoms with Crippen LogP contribution >= 0.6 is 0 Å². The zero-order chi connectivity index (χ0) is 39.9. The topological polar surface area (TPSA) is 122 Å². The van der Waals surface area contributed by atoms with Gasteiger partial charge in [-0.1, -0.05) is 44.2 Å². The van der Waals surface area contributed by atoms with Gasteiger partial charge in [0.25, 0.3) is 0 Å². The van der Waals surface area contributed by atoms with Gasteiger partial charge in [0.1, 0.15) is 11.4 Å². The first-order valence-corrected chi connectivity index (χ1v) is 19.4. The van der Waals surface area contributed by atoms with E-state index in [1.165, 1.54) is 12.1 Å². The summed E-state index contributed by atoms with van der Waals surface area (Å²) in [4.78, 5) is 54.1. The van der Waals surface area contributed by atoms with Crippen molar-refractivity contribution in [1.82, 2.24) is 29.3 Å². The molecule has 2 aromatic carbocycles. The summed E-state index contributed by atoms with van der Waals surface area (Å²) in [6.07, 6.45) is 0.0133. The highest BCUT2D eigenvalue weighted by atomic mass is 19.1. The van der Waals surface area contributed by atoms with E-state index >= 15 is 0 Å². The highest BCUT2D eigenvalue weighted by molar-refractivity contribution is 5.98. The lowest BCUT2D eigenvalue weighted by Gasteiger charge is -2.47. The van der Waals surface area contributed by atoms with Crippen LogP contribution < -0.4 is 9.64 Å². The molecule has 0 aliphatic carbocycles. The number of fused-ring (bicyclic) bond motifs is 3. The maximum atomic E-state index is 14.7. The summed E-state index contributed by atoms with van der Waals surface area (Å²) in [6.45, 7) is 17.9. The number of nitrogens with zero attached hydrogens (tertiary/aromatic N) is 7. The van der Waals surface area contributed by atoms with E-state index < -0.39 is 17.0 Å². The van der Waals surface area contributed by atoms with Gasteiger partial charge in [0.05, 0.1) is 36.7 Å². The van der Waals surface area contributed by atoms with E-state index in [1.807, 2.05) is 44.7 Å². The van der Waals surface area contributed by atoms with Gasteiger partial charge in [-0.15, -0.1) is 5.10 Å². The summed E-state index contributed by atoms with van der Waals surface area (Å²) < 4.78 is 32.8. The monoisotopic (exact) mass is 769 g/mol. The van der Waals surface area contributed by atoms with Gasteiger partial charge in [-0.25, -0.2) is 18.5 Å². The molecule has 5 heterocycles. The minimum absolute atomic E-state index is 0.0855. The van der Waals surface area contributed by atoms with Crippen LogP contribution in [0.5, 0.6) is 6.01 Å². The average molecular weight is 770 g/mol. The third kappa shape index (κ3) is 8.42. The lowest BCUT2D eigenvalue weighted by atomic mass is 9.90. The molecule has 7 rings (SSSR count). The number of anilines is 1. The van der Waals surface area contributed by atoms with Crippen LogP contribution in [0.1, 0.15) is 75.6 Å². The molecule has 0 bridgehead atoms. The molecule has 14 heteroatoms. The number of hydrogen-bond donors (Lipinski definition) is 0. The number of aromatic nitrogens is 3. The summed E-state index contributed by atoms with van der Waals surface area (Å²) >= 11 is 0. The number of pyridine rings is 1. The van der Waals surface area contributed by atoms with Crippen molar-refractivity contribution in [3.05, 3.63) is 88.9 Å². The molecule has 3 atom stereocenters. The molecule has 4 aromatic rings. The van der Waals surface area contributed by atoms with Crippen LogP contribution in [-0.2, 0) is 26.1 Å². The van der Waals surface area contributed by atoms with Gasteiger partial charge >= 0.3 is 18.1 Å². The summed E-state index contributed by atoms with van der Waals surface area (Å²) in [5, 5.41) is 4.70. The van der Waals surface area contributed by atoms with E-state index in [-0.39, 0.29) is 48.5 Å². The summed E-state index contributed by atoms with van der Waals surface area (Å²) in [5.41, 5.74) is 2.68. The lowest BCUT2D eigenvalue weighted by molar-refractivity contribution is -0.121. The Morgan fingerprint density at radius 2 is 1.71 bits per heavy atom. The van der Waals surface area contributed by atoms with E-state index in [9.17, 15) is 18.8 Å². The largest absolute Gasteiger partial charge is 0.444 e. The lowest BCUT2D eigenvalue weighted by Crippen LogP contribution is -2.64. The molecule has 2 amide bonds. The number of benzene rings is 2. The first kappa shape index (κ1) is 39.3. The highest BCUT2D eigenvalue weighted by Crippen LogP contribution is 2.42. The number of halogens is 1. The van der Waals surface area contributed by atoms with Crippen molar-refractivity contribution in [2.24, 2.45) is 0 Å². The number of esters is 1. The van der Waals surface area contributed by atoms with Crippen LogP contribution in [0.2, 0.25) is 0 Å². The van der Waals surface area contributed by atoms with Crippen LogP contribution in [0, 0.1) is 5.82 Å². The van der Waals surface area contributed by atoms with Crippen LogP contribution in [0.3, 0.4) is 0 Å². The fourth-order valence-corrected chi connectivity index (χ4v) is 8.01. The van der Waals surface area contributed by atoms with Gasteiger partial charge in [0.2, 0.25) is 5.91 Å². The standard InChI is InChI=1S/C42H52FN7O6/c1-27-21-47(33(22-46-17-18-54-25-28(46)2)23-48(27)40(53)56-41(3,4)5)24-35(51)49-26-42(6,7)36-34(49)20-31(19-29-13-15-32(43)16-14-29)37-44-39(45-50(36)37)55-38(52)30-11-9-8-10-12-30/h8-16,20,27-28,33H,17-19,21-26H2,1-7H3/t27-,28-,33+/m1/s1. The van der Waals surface area contributed by atoms with Crippen molar-refractivity contribution in [3.63, 3.8) is 0 Å². The molecule has 0 unspecified atom stereocenters. The molecule has 2 saturated heterocycles. The van der Waals surface area contributed by atoms with E-state index in [2.05, 4.69) is 35.6 Å². The molecule has 0 radical (unpaired) electrons. The second-order valence-electron chi connectivity index (χ2n) is 16.9. The fourth-order valence-electron chi connectivity index (χ4n) is 8.01. The third-order valence-corrected chi connectivity index (χ3v) is 10.8. The maximum absolute atomic E-state index is 14.7. The zero-order valence-electron chi connectivity index (χ0n) is 33.3. The van der Waals surface area contributed by atoms with Gasteiger partial charge in [-0.3, -0.25) is 14.6 Å². The number of hydrogen-bond acceptors (Lipinski definition) is 10. The smallest absolute Gasteiger partial charge is 0.410 e. The van der Waals surface area contributed by atoms with Crippen LogP contribution in [0.25, 0.3) is 5.65 Å². The molecule has 0 N–H and O–H groups in total. The normalized spacial score (nSPS) is 21.6. The minimum atomic E-state index is -0.635. The van der Waals surface area contributed by atoms with Gasteiger partial charge in [0.15, 0.2) is 5.65 Å². The summed E-state index contributed by atoms with van der Waals surface area (Å²) in [6, 6.07) is 16.6. The van der Waals surface area contributed by atoms with E-state index in [0.717, 1.165) is 23.4 Å². The van der Waals surface area contributed by atoms with E-state index in [0.29, 0.717) is 62.7 Å². The Kier molecular flexibility index (Phi) is 10.9. The molecule has 3 aliphatic rings. The quantitative estimate of drug-likeness (QED) is 0.218. The first-order valence-electron chi connectivity index (χ1n) is 19.4. The molecule has 56 heavy (non-hydrogen) atoms. The number of ether oxygens (including phenoxy) is 3. The van der Waals surface area contributed by atoms with Crippen molar-refractivity contribution in [1.29, 1.82) is 0 Å². The van der Waals surface area contributed by atoms with Crippen LogP contribution in [-0.4, -0.2) is 123 Å². The number of rotatable bonds is 8. The Morgan fingerprint density at radius 3 is 2.41 bits per heavy atom. The highest BCUT2D eigenvalue weighted by Gasteiger charge is 2.44. The fraction of sp³-hybridized carbons (Fsp3) is 0.500. The molecular weight excluding hydrogens is 718 g/mol. The van der Waals surface area contributed by atoms with E-state index in [4.69, 9.17) is 19.3 Å². The molecule has 0 spiro atoms. The van der Waals surface area contributed by atoms with Crippen molar-refractivity contribution in [3.8, 4) is 6.01 Å². The molecular formula is C42H52FN7O6. The molecule has 0 saturated carbocycles. The molecule has 2 aromatic heterocycles. The van der Waals surface area contributed by atoms with Crippen molar-refractivity contribution in [2.45, 2.75) is 84.0 Å². The zero-order valence-corrected chi connectivity index (χ0v) is 33.3. The van der Waals surface area contributed by atoms with Crippen LogP contribution in [0.15, 0.2) is 60.7 Å². The Hall–Kier alpha value is -4.92. The number of carbonyl (C=O) groups excluding carboxylic acids is 3. The second kappa shape index (κ2) is 15.5. The number of amides is 2. The van der Waals surface area contributed by atoms with Crippen LogP contribution in [0.4, 0.5) is 14.9 Å². The Balaban J connectivity index is 1.22. The minimum Gasteiger partial charge on any atom is -0.444 e. The molecule has 13 nitrogen and oxygen atoms in total. The second-order valence-corrected chi connectivity index (χ2v) is 16.9. The van der Waals surface area contributed by atoms with Gasteiger partial charge in [0, 0.05) is 68.2 Å². The number of morpholine rings is 1. The van der Waals surface area contributed by atoms with Gasteiger partial charge in [-0.2, -0.15) is 4.98 Å². The third-order valence-electron chi connectivity index (χ3n) is 10.8. The van der Waals surface area contributed by atoms with Gasteiger partial charge < -0.3 is 24.0 Å². The Labute approximate surface area is 327 Å². The Bertz CT molecular complexity index is 2080. The van der Waals surface area contributed by atoms with Gasteiger partial charge in [-0.05, 0) is 70.5 Å². The molecule has 2 fully saturated rings. The first-order chi connectivity index (χ1) is 26.6. The average Bonchev–Trinajstić information content (AvgIpc) is 3.68. The van der Waals surface area contributed by atoms with Crippen molar-refractivity contribution < 1.29 is 33.0 Å². The summed E-state index contributed by atoms with van der Waals surface area (Å²) in [7, 11) is 0. The summed E-state index contributed by atoms with van der Waals surface area (Å²) in [5.74, 6) is -1.01. The maximum Gasteiger partial charge on any atom is 0.410 e. The molecule has 3 aliphatic heterocycles. The number of carbonyl (C=O) groups is 3. The predicted octanol–water partition coefficient (Wildman–Crippen LogP) is 5.33. The van der Waals surface area contributed by atoms with Crippen molar-refractivity contribution in [2.75, 3.05) is 57.4 Å². The predicted molar refractivity (Wildman–Crippen MR) is 209 cm³/mol. The van der Waals surface area contributed by atoms with E-state index in [1.54, 1.807) is 45.8 Å². The molecule has 298 valence electrons.